The summed E-state index contributed by atoms with van der Waals surface area (Å²) in [7, 11) is 2.05. The van der Waals surface area contributed by atoms with Crippen molar-refractivity contribution >= 4 is 0 Å². The molecule has 11 heavy (non-hydrogen) atoms. The third kappa shape index (κ3) is 0.643. The second-order valence-corrected chi connectivity index (χ2v) is 3.80. The molecule has 0 radical (unpaired) electrons. The number of ether oxygens (including phenoxy) is 1. The molecule has 0 spiro atoms. The predicted octanol–water partition coefficient (Wildman–Crippen LogP) is -0.570. The van der Waals surface area contributed by atoms with E-state index in [0.29, 0.717) is 24.3 Å². The Morgan fingerprint density at radius 1 is 1.45 bits per heavy atom. The molecule has 3 aliphatic heterocycles. The van der Waals surface area contributed by atoms with Crippen molar-refractivity contribution in [3.8, 4) is 0 Å². The highest BCUT2D eigenvalue weighted by molar-refractivity contribution is 5.11. The van der Waals surface area contributed by atoms with Crippen molar-refractivity contribution in [3.63, 3.8) is 0 Å². The molecule has 4 atom stereocenters. The summed E-state index contributed by atoms with van der Waals surface area (Å²) in [5.41, 5.74) is 0. The lowest BCUT2D eigenvalue weighted by molar-refractivity contribution is 0.00833. The predicted molar refractivity (Wildman–Crippen MR) is 41.5 cm³/mol. The number of nitrogens with one attached hydrogen (secondary N) is 1. The van der Waals surface area contributed by atoms with Gasteiger partial charge in [0, 0.05) is 13.1 Å². The maximum atomic E-state index is 5.85. The molecule has 0 aromatic carbocycles. The van der Waals surface area contributed by atoms with Crippen LogP contribution >= 0.6 is 0 Å². The van der Waals surface area contributed by atoms with E-state index in [-0.39, 0.29) is 0 Å². The molecule has 3 saturated heterocycles. The topological polar surface area (TPSA) is 24.5 Å². The lowest BCUT2D eigenvalue weighted by Gasteiger charge is -2.21. The lowest BCUT2D eigenvalue weighted by atomic mass is 10.1. The van der Waals surface area contributed by atoms with Crippen molar-refractivity contribution in [2.45, 2.75) is 30.7 Å². The highest BCUT2D eigenvalue weighted by Gasteiger charge is 2.56. The Balaban J connectivity index is 1.93. The first kappa shape index (κ1) is 6.40. The first-order valence-electron chi connectivity index (χ1n) is 4.47. The number of fused-ring (bicyclic) bond motifs is 1. The van der Waals surface area contributed by atoms with E-state index in [1.165, 1.54) is 13.0 Å². The third-order valence-electron chi connectivity index (χ3n) is 3.37. The highest BCUT2D eigenvalue weighted by Crippen LogP contribution is 2.39. The second kappa shape index (κ2) is 1.97. The zero-order valence-electron chi connectivity index (χ0n) is 6.79. The molecule has 1 unspecified atom stereocenters. The number of hydrogen-bond acceptors (Lipinski definition) is 3. The van der Waals surface area contributed by atoms with Crippen LogP contribution in [0.25, 0.3) is 0 Å². The van der Waals surface area contributed by atoms with Crippen LogP contribution in [-0.2, 0) is 4.74 Å². The van der Waals surface area contributed by atoms with Gasteiger partial charge in [0.05, 0.1) is 24.3 Å². The average molecular weight is 154 g/mol. The molecule has 3 fully saturated rings. The van der Waals surface area contributed by atoms with Crippen molar-refractivity contribution < 1.29 is 4.74 Å². The van der Waals surface area contributed by atoms with Crippen molar-refractivity contribution in [2.75, 3.05) is 20.1 Å². The van der Waals surface area contributed by atoms with E-state index >= 15 is 0 Å². The van der Waals surface area contributed by atoms with Gasteiger partial charge in [-0.05, 0) is 13.5 Å². The van der Waals surface area contributed by atoms with E-state index in [2.05, 4.69) is 10.2 Å². The summed E-state index contributed by atoms with van der Waals surface area (Å²) in [6, 6.07) is 1.31. The van der Waals surface area contributed by atoms with Crippen LogP contribution in [0.2, 0.25) is 0 Å². The molecule has 62 valence electrons. The maximum Gasteiger partial charge on any atom is 0.0875 e. The van der Waals surface area contributed by atoms with Gasteiger partial charge in [-0.2, -0.15) is 0 Å². The maximum absolute atomic E-state index is 5.85. The summed E-state index contributed by atoms with van der Waals surface area (Å²) in [6.07, 6.45) is 2.28. The Bertz CT molecular complexity index is 171. The number of nitrogens with zero attached hydrogens (tertiary/aromatic N) is 1. The molecule has 0 amide bonds. The van der Waals surface area contributed by atoms with Crippen LogP contribution in [0.1, 0.15) is 6.42 Å². The van der Waals surface area contributed by atoms with Gasteiger partial charge in [-0.15, -0.1) is 0 Å². The number of likely N-dealkylation sites (N-methyl/N-ethyl adjacent to an activating group) is 1. The van der Waals surface area contributed by atoms with E-state index in [9.17, 15) is 0 Å². The van der Waals surface area contributed by atoms with Gasteiger partial charge in [0.25, 0.3) is 0 Å². The fraction of sp³-hybridized carbons (Fsp3) is 1.00. The summed E-state index contributed by atoms with van der Waals surface area (Å²) in [4.78, 5) is 2.57. The van der Waals surface area contributed by atoms with Crippen LogP contribution < -0.4 is 5.32 Å². The standard InChI is InChI=1S/C8H14N2O/c1-9-7-6-4-10-3-2-5(11-6)8(7)10/h5-9H,2-4H2,1H3/t5-,6-,7-,8?/m1/s1. The van der Waals surface area contributed by atoms with E-state index in [0.717, 1.165) is 6.54 Å². The first-order valence-corrected chi connectivity index (χ1v) is 4.47. The van der Waals surface area contributed by atoms with Crippen LogP contribution in [0, 0.1) is 0 Å². The van der Waals surface area contributed by atoms with Crippen molar-refractivity contribution in [1.82, 2.24) is 10.2 Å². The SMILES string of the molecule is CN[C@H]1C2[C@H]3CCN2C[C@H]1O3. The molecule has 0 saturated carbocycles. The minimum atomic E-state index is 0.484. The van der Waals surface area contributed by atoms with Crippen molar-refractivity contribution in [3.05, 3.63) is 0 Å². The van der Waals surface area contributed by atoms with Gasteiger partial charge in [-0.3, -0.25) is 4.90 Å². The smallest absolute Gasteiger partial charge is 0.0875 e. The Morgan fingerprint density at radius 2 is 2.36 bits per heavy atom. The first-order chi connectivity index (χ1) is 5.40. The molecule has 3 rings (SSSR count). The van der Waals surface area contributed by atoms with Gasteiger partial charge in [0.2, 0.25) is 0 Å². The van der Waals surface area contributed by atoms with E-state index in [4.69, 9.17) is 4.74 Å². The highest BCUT2D eigenvalue weighted by atomic mass is 16.5. The van der Waals surface area contributed by atoms with E-state index in [1.54, 1.807) is 0 Å². The Kier molecular flexibility index (Phi) is 1.15. The van der Waals surface area contributed by atoms with Crippen molar-refractivity contribution in [1.29, 1.82) is 0 Å². The fourth-order valence-corrected chi connectivity index (χ4v) is 2.94. The van der Waals surface area contributed by atoms with Gasteiger partial charge in [0.1, 0.15) is 0 Å². The van der Waals surface area contributed by atoms with Gasteiger partial charge >= 0.3 is 0 Å². The average Bonchev–Trinajstić information content (AvgIpc) is 2.55. The molecular formula is C8H14N2O. The normalized spacial score (nSPS) is 54.3. The molecule has 3 heteroatoms. The molecule has 3 nitrogen and oxygen atoms in total. The Morgan fingerprint density at radius 3 is 3.00 bits per heavy atom. The van der Waals surface area contributed by atoms with Crippen LogP contribution in [0.5, 0.6) is 0 Å². The summed E-state index contributed by atoms with van der Waals surface area (Å²) in [6.45, 7) is 2.41. The van der Waals surface area contributed by atoms with Crippen LogP contribution in [0.4, 0.5) is 0 Å². The second-order valence-electron chi connectivity index (χ2n) is 3.80. The van der Waals surface area contributed by atoms with Gasteiger partial charge in [-0.25, -0.2) is 0 Å². The number of morpholine rings is 1. The molecule has 0 aliphatic carbocycles. The van der Waals surface area contributed by atoms with E-state index in [1.807, 2.05) is 7.05 Å². The quantitative estimate of drug-likeness (QED) is 0.547. The minimum absolute atomic E-state index is 0.484. The fourth-order valence-electron chi connectivity index (χ4n) is 2.94. The molecule has 1 N–H and O–H groups in total. The molecule has 0 aromatic rings. The van der Waals surface area contributed by atoms with Crippen molar-refractivity contribution in [2.24, 2.45) is 0 Å². The minimum Gasteiger partial charge on any atom is -0.370 e. The molecule has 3 aliphatic rings. The summed E-state index contributed by atoms with van der Waals surface area (Å²) >= 11 is 0. The molecule has 0 aromatic heterocycles. The molecule has 2 bridgehead atoms. The molecular weight excluding hydrogens is 140 g/mol. The number of rotatable bonds is 1. The molecule has 3 heterocycles. The Labute approximate surface area is 66.7 Å². The summed E-state index contributed by atoms with van der Waals surface area (Å²) in [5, 5.41) is 3.36. The van der Waals surface area contributed by atoms with E-state index < -0.39 is 0 Å². The summed E-state index contributed by atoms with van der Waals surface area (Å²) in [5.74, 6) is 0. The zero-order chi connectivity index (χ0) is 7.42. The largest absolute Gasteiger partial charge is 0.370 e. The Hall–Kier alpha value is -0.120. The summed E-state index contributed by atoms with van der Waals surface area (Å²) < 4.78 is 5.85. The number of hydrogen-bond donors (Lipinski definition) is 1. The van der Waals surface area contributed by atoms with Gasteiger partial charge < -0.3 is 10.1 Å². The third-order valence-corrected chi connectivity index (χ3v) is 3.37. The van der Waals surface area contributed by atoms with Crippen LogP contribution in [0.3, 0.4) is 0 Å². The lowest BCUT2D eigenvalue weighted by Crippen LogP contribution is -2.40. The monoisotopic (exact) mass is 154 g/mol. The zero-order valence-corrected chi connectivity index (χ0v) is 6.79. The van der Waals surface area contributed by atoms with Crippen LogP contribution in [-0.4, -0.2) is 49.3 Å². The van der Waals surface area contributed by atoms with Crippen LogP contribution in [0.15, 0.2) is 0 Å². The van der Waals surface area contributed by atoms with Gasteiger partial charge in [-0.1, -0.05) is 0 Å². The van der Waals surface area contributed by atoms with Gasteiger partial charge in [0.15, 0.2) is 0 Å².